The fourth-order valence-corrected chi connectivity index (χ4v) is 6.59. The van der Waals surface area contributed by atoms with Crippen molar-refractivity contribution in [2.24, 2.45) is 0 Å². The number of carbonyl (C=O) groups excluding carboxylic acids is 2. The maximum atomic E-state index is 14.4. The van der Waals surface area contributed by atoms with Gasteiger partial charge in [-0.05, 0) is 67.4 Å². The first-order chi connectivity index (χ1) is 21.5. The van der Waals surface area contributed by atoms with Crippen LogP contribution in [-0.2, 0) is 32.6 Å². The fourth-order valence-electron chi connectivity index (χ4n) is 4.81. The van der Waals surface area contributed by atoms with Crippen LogP contribution < -0.4 is 14.4 Å². The summed E-state index contributed by atoms with van der Waals surface area (Å²) in [6.45, 7) is 3.44. The number of nitrogens with zero attached hydrogens (tertiary/aromatic N) is 2. The zero-order valence-corrected chi connectivity index (χ0v) is 27.6. The Bertz CT molecular complexity index is 1720. The van der Waals surface area contributed by atoms with Gasteiger partial charge in [-0.2, -0.15) is 0 Å². The number of rotatable bonds is 13. The minimum absolute atomic E-state index is 0.00153. The fraction of sp³-hybridized carbons (Fsp3) is 0.235. The maximum Gasteiger partial charge on any atom is 0.264 e. The third-order valence-corrected chi connectivity index (χ3v) is 9.53. The quantitative estimate of drug-likeness (QED) is 0.181. The van der Waals surface area contributed by atoms with Crippen LogP contribution in [0.5, 0.6) is 5.75 Å². The van der Waals surface area contributed by atoms with E-state index in [0.29, 0.717) is 17.3 Å². The Hall–Kier alpha value is -4.05. The average molecular weight is 669 g/mol. The Morgan fingerprint density at radius 1 is 0.889 bits per heavy atom. The number of anilines is 1. The molecule has 0 unspecified atom stereocenters. The summed E-state index contributed by atoms with van der Waals surface area (Å²) in [5, 5.41) is 3.54. The lowest BCUT2D eigenvalue weighted by Gasteiger charge is -2.34. The van der Waals surface area contributed by atoms with E-state index in [-0.39, 0.29) is 34.5 Å². The van der Waals surface area contributed by atoms with E-state index in [4.69, 9.17) is 27.9 Å². The molecule has 0 saturated heterocycles. The minimum Gasteiger partial charge on any atom is -0.495 e. The van der Waals surface area contributed by atoms with Crippen LogP contribution in [0.3, 0.4) is 0 Å². The molecule has 0 bridgehead atoms. The van der Waals surface area contributed by atoms with Crippen LogP contribution in [-0.4, -0.2) is 51.4 Å². The Morgan fingerprint density at radius 2 is 1.56 bits per heavy atom. The van der Waals surface area contributed by atoms with E-state index in [2.05, 4.69) is 5.32 Å². The van der Waals surface area contributed by atoms with Gasteiger partial charge in [-0.3, -0.25) is 13.9 Å². The van der Waals surface area contributed by atoms with Crippen molar-refractivity contribution in [2.45, 2.75) is 37.8 Å². The van der Waals surface area contributed by atoms with Gasteiger partial charge in [-0.15, -0.1) is 0 Å². The van der Waals surface area contributed by atoms with Crippen LogP contribution >= 0.6 is 23.2 Å². The molecule has 2 amide bonds. The highest BCUT2D eigenvalue weighted by atomic mass is 35.5. The van der Waals surface area contributed by atoms with Crippen molar-refractivity contribution in [3.05, 3.63) is 124 Å². The highest BCUT2D eigenvalue weighted by Gasteiger charge is 2.34. The molecule has 0 radical (unpaired) electrons. The lowest BCUT2D eigenvalue weighted by molar-refractivity contribution is -0.140. The molecule has 0 aliphatic carbocycles. The molecule has 4 aromatic rings. The summed E-state index contributed by atoms with van der Waals surface area (Å²) in [6.07, 6.45) is 0.213. The summed E-state index contributed by atoms with van der Waals surface area (Å²) in [5.41, 5.74) is 2.60. The Balaban J connectivity index is 1.81. The second-order valence-corrected chi connectivity index (χ2v) is 13.1. The minimum atomic E-state index is -4.26. The number of hydrogen-bond donors (Lipinski definition) is 1. The summed E-state index contributed by atoms with van der Waals surface area (Å²) in [6, 6.07) is 26.2. The monoisotopic (exact) mass is 667 g/mol. The molecule has 0 fully saturated rings. The van der Waals surface area contributed by atoms with Crippen LogP contribution in [0.25, 0.3) is 0 Å². The molecule has 0 aliphatic rings. The SMILES string of the molecule is CCNC(=O)[C@@H](Cc1ccccc1)N(Cc1ccc(Cl)cc1)C(=O)CN(c1ccc(OC)c(Cl)c1)S(=O)(=O)c1ccc(C)cc1. The number of hydrogen-bond acceptors (Lipinski definition) is 5. The van der Waals surface area contributed by atoms with Crippen LogP contribution in [0.4, 0.5) is 5.69 Å². The van der Waals surface area contributed by atoms with Crippen LogP contribution in [0.15, 0.2) is 102 Å². The highest BCUT2D eigenvalue weighted by Crippen LogP contribution is 2.32. The smallest absolute Gasteiger partial charge is 0.264 e. The van der Waals surface area contributed by atoms with Crippen molar-refractivity contribution in [1.29, 1.82) is 0 Å². The van der Waals surface area contributed by atoms with Gasteiger partial charge in [-0.25, -0.2) is 8.42 Å². The van der Waals surface area contributed by atoms with Gasteiger partial charge in [0.2, 0.25) is 11.8 Å². The molecule has 0 aromatic heterocycles. The molecule has 4 rings (SSSR count). The van der Waals surface area contributed by atoms with Crippen molar-refractivity contribution < 1.29 is 22.7 Å². The standard InChI is InChI=1S/C34H35Cl2N3O5S/c1-4-37-34(41)31(20-25-8-6-5-7-9-25)38(22-26-12-14-27(35)15-13-26)33(40)23-39(28-16-19-32(44-3)30(36)21-28)45(42,43)29-17-10-24(2)11-18-29/h5-19,21,31H,4,20,22-23H2,1-3H3,(H,37,41)/t31-/m1/s1. The predicted molar refractivity (Wildman–Crippen MR) is 178 cm³/mol. The Kier molecular flexibility index (Phi) is 11.5. The van der Waals surface area contributed by atoms with Gasteiger partial charge in [0.1, 0.15) is 18.3 Å². The predicted octanol–water partition coefficient (Wildman–Crippen LogP) is 6.28. The molecule has 45 heavy (non-hydrogen) atoms. The highest BCUT2D eigenvalue weighted by molar-refractivity contribution is 7.92. The number of benzene rings is 4. The summed E-state index contributed by atoms with van der Waals surface area (Å²) < 4.78 is 34.6. The van der Waals surface area contributed by atoms with Crippen molar-refractivity contribution >= 4 is 50.7 Å². The van der Waals surface area contributed by atoms with E-state index in [1.165, 1.54) is 42.3 Å². The van der Waals surface area contributed by atoms with E-state index in [0.717, 1.165) is 21.0 Å². The van der Waals surface area contributed by atoms with Crippen molar-refractivity contribution in [2.75, 3.05) is 24.5 Å². The van der Waals surface area contributed by atoms with Gasteiger partial charge in [0.25, 0.3) is 10.0 Å². The number of methoxy groups -OCH3 is 1. The molecule has 0 spiro atoms. The molecule has 0 heterocycles. The number of sulfonamides is 1. The number of amides is 2. The lowest BCUT2D eigenvalue weighted by atomic mass is 10.0. The molecule has 1 N–H and O–H groups in total. The zero-order valence-electron chi connectivity index (χ0n) is 25.2. The number of likely N-dealkylation sites (N-methyl/N-ethyl adjacent to an activating group) is 1. The van der Waals surface area contributed by atoms with Crippen LogP contribution in [0.1, 0.15) is 23.6 Å². The van der Waals surface area contributed by atoms with Crippen molar-refractivity contribution in [1.82, 2.24) is 10.2 Å². The van der Waals surface area contributed by atoms with Crippen LogP contribution in [0, 0.1) is 6.92 Å². The summed E-state index contributed by atoms with van der Waals surface area (Å²) in [7, 11) is -2.81. The van der Waals surface area contributed by atoms with Gasteiger partial charge in [0, 0.05) is 24.5 Å². The number of ether oxygens (including phenoxy) is 1. The van der Waals surface area contributed by atoms with Crippen LogP contribution in [0.2, 0.25) is 10.0 Å². The number of nitrogens with one attached hydrogen (secondary N) is 1. The van der Waals surface area contributed by atoms with E-state index >= 15 is 0 Å². The molecular formula is C34H35Cl2N3O5S. The third-order valence-electron chi connectivity index (χ3n) is 7.20. The Labute approximate surface area is 274 Å². The first kappa shape index (κ1) is 33.8. The third kappa shape index (κ3) is 8.57. The largest absolute Gasteiger partial charge is 0.495 e. The first-order valence-electron chi connectivity index (χ1n) is 14.3. The van der Waals surface area contributed by atoms with Gasteiger partial charge >= 0.3 is 0 Å². The lowest BCUT2D eigenvalue weighted by Crippen LogP contribution is -2.53. The molecule has 0 aliphatic heterocycles. The molecule has 8 nitrogen and oxygen atoms in total. The van der Waals surface area contributed by atoms with Gasteiger partial charge < -0.3 is 15.0 Å². The number of carbonyl (C=O) groups is 2. The first-order valence-corrected chi connectivity index (χ1v) is 16.5. The Morgan fingerprint density at radius 3 is 2.16 bits per heavy atom. The second kappa shape index (κ2) is 15.3. The second-order valence-electron chi connectivity index (χ2n) is 10.4. The van der Waals surface area contributed by atoms with Gasteiger partial charge in [-0.1, -0.05) is 83.4 Å². The summed E-state index contributed by atoms with van der Waals surface area (Å²) in [5.74, 6) is -0.591. The normalized spacial score (nSPS) is 11.8. The molecule has 4 aromatic carbocycles. The van der Waals surface area contributed by atoms with E-state index < -0.39 is 28.5 Å². The zero-order chi connectivity index (χ0) is 32.6. The molecule has 11 heteroatoms. The molecule has 0 saturated carbocycles. The number of halogens is 2. The molecule has 236 valence electrons. The van der Waals surface area contributed by atoms with E-state index in [9.17, 15) is 18.0 Å². The van der Waals surface area contributed by atoms with Crippen molar-refractivity contribution in [3.8, 4) is 5.75 Å². The van der Waals surface area contributed by atoms with E-state index in [1.807, 2.05) is 37.3 Å². The molecule has 1 atom stereocenters. The van der Waals surface area contributed by atoms with E-state index in [1.54, 1.807) is 43.3 Å². The average Bonchev–Trinajstić information content (AvgIpc) is 3.03. The van der Waals surface area contributed by atoms with Gasteiger partial charge in [0.15, 0.2) is 0 Å². The molecular weight excluding hydrogens is 633 g/mol. The maximum absolute atomic E-state index is 14.4. The topological polar surface area (TPSA) is 96.0 Å². The summed E-state index contributed by atoms with van der Waals surface area (Å²) in [4.78, 5) is 29.4. The van der Waals surface area contributed by atoms with Gasteiger partial charge in [0.05, 0.1) is 22.7 Å². The van der Waals surface area contributed by atoms with Crippen molar-refractivity contribution in [3.63, 3.8) is 0 Å². The number of aryl methyl sites for hydroxylation is 1. The summed E-state index contributed by atoms with van der Waals surface area (Å²) >= 11 is 12.5.